The third-order valence-electron chi connectivity index (χ3n) is 3.72. The molecule has 0 aromatic heterocycles. The molecule has 1 heterocycles. The number of carbonyl (C=O) groups is 1. The van der Waals surface area contributed by atoms with Crippen LogP contribution in [0.5, 0.6) is 17.2 Å². The summed E-state index contributed by atoms with van der Waals surface area (Å²) in [6, 6.07) is 2.40. The van der Waals surface area contributed by atoms with Gasteiger partial charge in [-0.25, -0.2) is 0 Å². The molecule has 5 nitrogen and oxygen atoms in total. The van der Waals surface area contributed by atoms with Crippen molar-refractivity contribution in [1.82, 2.24) is 0 Å². The van der Waals surface area contributed by atoms with Gasteiger partial charge in [-0.3, -0.25) is 4.79 Å². The highest BCUT2D eigenvalue weighted by Gasteiger charge is 2.32. The number of Topliss-reactive ketones (excluding diaryl/α,β-unsaturated/α-hetero) is 1. The Labute approximate surface area is 122 Å². The first-order chi connectivity index (χ1) is 9.95. The van der Waals surface area contributed by atoms with Crippen molar-refractivity contribution in [1.29, 1.82) is 0 Å². The molecule has 3 rings (SSSR count). The second-order valence-corrected chi connectivity index (χ2v) is 5.19. The second-order valence-electron chi connectivity index (χ2n) is 5.19. The van der Waals surface area contributed by atoms with Crippen LogP contribution in [-0.2, 0) is 0 Å². The van der Waals surface area contributed by atoms with Crippen molar-refractivity contribution in [3.8, 4) is 17.2 Å². The zero-order valence-electron chi connectivity index (χ0n) is 11.2. The monoisotopic (exact) mass is 284 g/mol. The van der Waals surface area contributed by atoms with Gasteiger partial charge in [0.15, 0.2) is 5.78 Å². The molecular formula is C15H13BO5. The molecule has 1 aromatic rings. The number of aliphatic hydroxyl groups excluding tert-OH is 1. The smallest absolute Gasteiger partial charge is 0.174 e. The van der Waals surface area contributed by atoms with E-state index in [2.05, 4.69) is 0 Å². The van der Waals surface area contributed by atoms with Crippen LogP contribution in [0, 0.1) is 0 Å². The first kappa shape index (κ1) is 13.6. The normalized spacial score (nSPS) is 21.6. The predicted molar refractivity (Wildman–Crippen MR) is 75.9 cm³/mol. The molecule has 6 heteroatoms. The zero-order valence-corrected chi connectivity index (χ0v) is 11.2. The number of hydrogen-bond donors (Lipinski definition) is 3. The Hall–Kier alpha value is -2.37. The van der Waals surface area contributed by atoms with Crippen molar-refractivity contribution in [2.45, 2.75) is 25.4 Å². The van der Waals surface area contributed by atoms with Crippen molar-refractivity contribution in [3.63, 3.8) is 0 Å². The van der Waals surface area contributed by atoms with E-state index in [1.54, 1.807) is 0 Å². The molecule has 0 fully saturated rings. The van der Waals surface area contributed by atoms with E-state index in [9.17, 15) is 20.1 Å². The summed E-state index contributed by atoms with van der Waals surface area (Å²) >= 11 is 0. The maximum Gasteiger partial charge on any atom is 0.174 e. The molecule has 106 valence electrons. The van der Waals surface area contributed by atoms with E-state index in [4.69, 9.17) is 12.6 Å². The summed E-state index contributed by atoms with van der Waals surface area (Å²) in [5.74, 6) is -0.390. The van der Waals surface area contributed by atoms with Crippen LogP contribution in [0.25, 0.3) is 0 Å². The van der Waals surface area contributed by atoms with Gasteiger partial charge in [0.1, 0.15) is 36.8 Å². The number of benzene rings is 1. The third-order valence-corrected chi connectivity index (χ3v) is 3.72. The van der Waals surface area contributed by atoms with Crippen LogP contribution in [-0.4, -0.2) is 35.1 Å². The van der Waals surface area contributed by atoms with Crippen LogP contribution in [0.3, 0.4) is 0 Å². The largest absolute Gasteiger partial charge is 0.512 e. The lowest BCUT2D eigenvalue weighted by atomic mass is 9.79. The van der Waals surface area contributed by atoms with Gasteiger partial charge in [-0.05, 0) is 18.1 Å². The molecule has 2 aliphatic rings. The number of ketones is 1. The van der Waals surface area contributed by atoms with Crippen LogP contribution in [0.1, 0.15) is 29.6 Å². The van der Waals surface area contributed by atoms with Crippen molar-refractivity contribution < 1.29 is 24.9 Å². The Bertz CT molecular complexity index is 690. The van der Waals surface area contributed by atoms with Crippen molar-refractivity contribution in [2.75, 3.05) is 0 Å². The molecule has 1 aliphatic carbocycles. The highest BCUT2D eigenvalue weighted by atomic mass is 16.5. The molecule has 1 atom stereocenters. The molecule has 0 saturated heterocycles. The Morgan fingerprint density at radius 3 is 2.67 bits per heavy atom. The van der Waals surface area contributed by atoms with Crippen LogP contribution in [0.15, 0.2) is 35.0 Å². The van der Waals surface area contributed by atoms with Crippen LogP contribution < -0.4 is 4.74 Å². The maximum absolute atomic E-state index is 12.2. The minimum atomic E-state index is -0.546. The van der Waals surface area contributed by atoms with E-state index in [0.717, 1.165) is 11.6 Å². The van der Waals surface area contributed by atoms with Gasteiger partial charge in [-0.1, -0.05) is 5.47 Å². The molecule has 1 aliphatic heterocycles. The SMILES string of the molecule is [B]C1=C(C2CC(=O)c3c(O)cc(O)cc3O2)CCC(O)=C1. The highest BCUT2D eigenvalue weighted by molar-refractivity contribution is 6.24. The second kappa shape index (κ2) is 4.88. The van der Waals surface area contributed by atoms with E-state index in [1.165, 1.54) is 12.1 Å². The van der Waals surface area contributed by atoms with Gasteiger partial charge in [-0.15, -0.1) is 0 Å². The summed E-state index contributed by atoms with van der Waals surface area (Å²) in [5.41, 5.74) is 1.22. The van der Waals surface area contributed by atoms with Gasteiger partial charge >= 0.3 is 0 Å². The lowest BCUT2D eigenvalue weighted by Crippen LogP contribution is -2.30. The number of carbonyl (C=O) groups excluding carboxylic acids is 1. The van der Waals surface area contributed by atoms with E-state index in [1.807, 2.05) is 0 Å². The molecule has 3 N–H and O–H groups in total. The van der Waals surface area contributed by atoms with Crippen LogP contribution in [0.4, 0.5) is 0 Å². The summed E-state index contributed by atoms with van der Waals surface area (Å²) in [7, 11) is 5.88. The number of fused-ring (bicyclic) bond motifs is 1. The number of phenols is 2. The fourth-order valence-electron chi connectivity index (χ4n) is 2.72. The van der Waals surface area contributed by atoms with Gasteiger partial charge in [0, 0.05) is 18.6 Å². The lowest BCUT2D eigenvalue weighted by Gasteiger charge is -2.30. The number of rotatable bonds is 1. The Balaban J connectivity index is 1.99. The predicted octanol–water partition coefficient (Wildman–Crippen LogP) is 2.09. The molecular weight excluding hydrogens is 271 g/mol. The van der Waals surface area contributed by atoms with Crippen molar-refractivity contribution in [2.24, 2.45) is 0 Å². The third kappa shape index (κ3) is 2.37. The van der Waals surface area contributed by atoms with Gasteiger partial charge in [-0.2, -0.15) is 0 Å². The summed E-state index contributed by atoms with van der Waals surface area (Å²) in [6.07, 6.45) is 1.93. The number of hydrogen-bond acceptors (Lipinski definition) is 5. The Kier molecular flexibility index (Phi) is 3.16. The number of aromatic hydroxyl groups is 2. The quantitative estimate of drug-likeness (QED) is 0.687. The number of ether oxygens (including phenoxy) is 1. The number of allylic oxidation sites excluding steroid dienone is 3. The van der Waals surface area contributed by atoms with Crippen LogP contribution in [0.2, 0.25) is 0 Å². The van der Waals surface area contributed by atoms with Gasteiger partial charge in [0.25, 0.3) is 0 Å². The fourth-order valence-corrected chi connectivity index (χ4v) is 2.72. The van der Waals surface area contributed by atoms with E-state index < -0.39 is 6.10 Å². The maximum atomic E-state index is 12.2. The first-order valence-electron chi connectivity index (χ1n) is 6.59. The average Bonchev–Trinajstić information content (AvgIpc) is 2.36. The average molecular weight is 284 g/mol. The molecule has 2 radical (unpaired) electrons. The summed E-state index contributed by atoms with van der Waals surface area (Å²) < 4.78 is 5.72. The summed E-state index contributed by atoms with van der Waals surface area (Å²) in [5, 5.41) is 28.7. The molecule has 0 amide bonds. The highest BCUT2D eigenvalue weighted by Crippen LogP contribution is 2.40. The summed E-state index contributed by atoms with van der Waals surface area (Å²) in [4.78, 5) is 12.2. The lowest BCUT2D eigenvalue weighted by molar-refractivity contribution is 0.0876. The molecule has 1 aromatic carbocycles. The fraction of sp³-hybridized carbons (Fsp3) is 0.267. The van der Waals surface area contributed by atoms with Gasteiger partial charge in [0.2, 0.25) is 0 Å². The number of aliphatic hydroxyl groups is 1. The van der Waals surface area contributed by atoms with Crippen molar-refractivity contribution in [3.05, 3.63) is 40.6 Å². The molecule has 1 unspecified atom stereocenters. The van der Waals surface area contributed by atoms with Gasteiger partial charge in [0.05, 0.1) is 12.2 Å². The molecule has 0 spiro atoms. The summed E-state index contributed by atoms with van der Waals surface area (Å²) in [6.45, 7) is 0. The van der Waals surface area contributed by atoms with E-state index in [0.29, 0.717) is 18.3 Å². The Morgan fingerprint density at radius 1 is 1.19 bits per heavy atom. The van der Waals surface area contributed by atoms with E-state index >= 15 is 0 Å². The van der Waals surface area contributed by atoms with Crippen LogP contribution >= 0.6 is 0 Å². The number of phenolic OH excluding ortho intramolecular Hbond substituents is 2. The van der Waals surface area contributed by atoms with Gasteiger partial charge < -0.3 is 20.1 Å². The topological polar surface area (TPSA) is 87.0 Å². The molecule has 21 heavy (non-hydrogen) atoms. The Morgan fingerprint density at radius 2 is 1.95 bits per heavy atom. The van der Waals surface area contributed by atoms with E-state index in [-0.39, 0.29) is 40.8 Å². The van der Waals surface area contributed by atoms with Crippen molar-refractivity contribution >= 4 is 13.6 Å². The minimum Gasteiger partial charge on any atom is -0.512 e. The molecule has 0 bridgehead atoms. The molecule has 0 saturated carbocycles. The minimum absolute atomic E-state index is 0.0654. The zero-order chi connectivity index (χ0) is 15.1. The standard InChI is InChI=1S/C15H13BO5/c16-10-3-7(17)1-2-9(10)13-6-12(20)15-11(19)4-8(18)5-14(15)21-13/h3-5,13,17-19H,1-2,6H2. The first-order valence-corrected chi connectivity index (χ1v) is 6.59.